The SMILES string of the molecule is CC(C)(C)OC(=O)N1CCN(C(=O)C2=Cc3ccccc3-c3c(C4CCCCC4)c4ccc(C(=O)O)cc4n3C2)CC1. The third-order valence-corrected chi connectivity index (χ3v) is 8.73. The fourth-order valence-electron chi connectivity index (χ4n) is 6.76. The van der Waals surface area contributed by atoms with E-state index < -0.39 is 11.6 Å². The smallest absolute Gasteiger partial charge is 0.410 e. The van der Waals surface area contributed by atoms with Crippen LogP contribution in [0.4, 0.5) is 4.79 Å². The van der Waals surface area contributed by atoms with Crippen LogP contribution in [-0.2, 0) is 16.1 Å². The average Bonchev–Trinajstić information content (AvgIpc) is 3.18. The van der Waals surface area contributed by atoms with E-state index in [1.54, 1.807) is 17.0 Å². The molecule has 1 saturated carbocycles. The molecule has 1 saturated heterocycles. The van der Waals surface area contributed by atoms with E-state index in [0.29, 0.717) is 44.2 Å². The van der Waals surface area contributed by atoms with E-state index in [1.807, 2.05) is 49.9 Å². The summed E-state index contributed by atoms with van der Waals surface area (Å²) >= 11 is 0. The molecular weight excluding hydrogens is 530 g/mol. The first-order valence-corrected chi connectivity index (χ1v) is 15.1. The van der Waals surface area contributed by atoms with Gasteiger partial charge in [0.15, 0.2) is 0 Å². The zero-order valence-electron chi connectivity index (χ0n) is 24.7. The van der Waals surface area contributed by atoms with Gasteiger partial charge < -0.3 is 24.2 Å². The highest BCUT2D eigenvalue weighted by Crippen LogP contribution is 2.46. The summed E-state index contributed by atoms with van der Waals surface area (Å²) in [6, 6.07) is 13.6. The molecule has 2 aliphatic heterocycles. The number of piperazine rings is 1. The number of benzene rings is 2. The molecule has 0 atom stereocenters. The Labute approximate surface area is 246 Å². The molecule has 3 aliphatic rings. The third kappa shape index (κ3) is 5.30. The second-order valence-corrected chi connectivity index (χ2v) is 12.7. The van der Waals surface area contributed by atoms with Gasteiger partial charge >= 0.3 is 12.1 Å². The highest BCUT2D eigenvalue weighted by molar-refractivity contribution is 6.03. The molecule has 6 rings (SSSR count). The number of nitrogens with zero attached hydrogens (tertiary/aromatic N) is 3. The molecule has 0 radical (unpaired) electrons. The molecule has 3 heterocycles. The van der Waals surface area contributed by atoms with E-state index in [0.717, 1.165) is 40.6 Å². The number of carbonyl (C=O) groups excluding carboxylic acids is 2. The first-order chi connectivity index (χ1) is 20.1. The molecule has 1 aliphatic carbocycles. The molecule has 8 nitrogen and oxygen atoms in total. The largest absolute Gasteiger partial charge is 0.478 e. The van der Waals surface area contributed by atoms with Crippen LogP contribution in [0.3, 0.4) is 0 Å². The van der Waals surface area contributed by atoms with Crippen molar-refractivity contribution in [2.75, 3.05) is 26.2 Å². The van der Waals surface area contributed by atoms with Crippen molar-refractivity contribution in [3.05, 3.63) is 64.7 Å². The Bertz CT molecular complexity index is 1580. The van der Waals surface area contributed by atoms with Gasteiger partial charge in [0.1, 0.15) is 5.60 Å². The summed E-state index contributed by atoms with van der Waals surface area (Å²) in [5.41, 5.74) is 5.62. The Balaban J connectivity index is 1.39. The molecule has 1 N–H and O–H groups in total. The van der Waals surface area contributed by atoms with Gasteiger partial charge in [0.05, 0.1) is 17.8 Å². The van der Waals surface area contributed by atoms with Crippen LogP contribution in [0, 0.1) is 0 Å². The van der Waals surface area contributed by atoms with Crippen molar-refractivity contribution in [3.8, 4) is 11.3 Å². The number of rotatable bonds is 3. The Morgan fingerprint density at radius 3 is 2.29 bits per heavy atom. The quantitative estimate of drug-likeness (QED) is 0.387. The first kappa shape index (κ1) is 28.1. The zero-order chi connectivity index (χ0) is 29.6. The van der Waals surface area contributed by atoms with Gasteiger partial charge in [0.2, 0.25) is 0 Å². The maximum absolute atomic E-state index is 14.1. The normalized spacial score (nSPS) is 17.7. The summed E-state index contributed by atoms with van der Waals surface area (Å²) in [4.78, 5) is 42.1. The molecule has 42 heavy (non-hydrogen) atoms. The predicted octanol–water partition coefficient (Wildman–Crippen LogP) is 6.53. The number of carboxylic acids is 1. The van der Waals surface area contributed by atoms with Gasteiger partial charge in [-0.2, -0.15) is 0 Å². The predicted molar refractivity (Wildman–Crippen MR) is 163 cm³/mol. The van der Waals surface area contributed by atoms with Crippen LogP contribution in [0.5, 0.6) is 0 Å². The van der Waals surface area contributed by atoms with Crippen LogP contribution in [-0.4, -0.2) is 69.2 Å². The number of amides is 2. The molecule has 0 unspecified atom stereocenters. The Hall–Kier alpha value is -4.07. The minimum absolute atomic E-state index is 0.0584. The Morgan fingerprint density at radius 1 is 0.905 bits per heavy atom. The molecule has 2 amide bonds. The van der Waals surface area contributed by atoms with Crippen molar-refractivity contribution in [1.82, 2.24) is 14.4 Å². The monoisotopic (exact) mass is 569 g/mol. The average molecular weight is 570 g/mol. The summed E-state index contributed by atoms with van der Waals surface area (Å²) in [5, 5.41) is 10.9. The molecule has 0 bridgehead atoms. The molecule has 1 aromatic heterocycles. The van der Waals surface area contributed by atoms with Crippen molar-refractivity contribution >= 4 is 34.9 Å². The van der Waals surface area contributed by atoms with E-state index in [-0.39, 0.29) is 17.6 Å². The van der Waals surface area contributed by atoms with Gasteiger partial charge in [-0.3, -0.25) is 4.79 Å². The fraction of sp³-hybridized carbons (Fsp3) is 0.441. The number of hydrogen-bond acceptors (Lipinski definition) is 4. The summed E-state index contributed by atoms with van der Waals surface area (Å²) in [5.74, 6) is -0.633. The summed E-state index contributed by atoms with van der Waals surface area (Å²) < 4.78 is 7.71. The number of hydrogen-bond donors (Lipinski definition) is 1. The maximum Gasteiger partial charge on any atom is 0.410 e. The zero-order valence-corrected chi connectivity index (χ0v) is 24.7. The molecular formula is C34H39N3O5. The summed E-state index contributed by atoms with van der Waals surface area (Å²) in [7, 11) is 0. The van der Waals surface area contributed by atoms with E-state index >= 15 is 0 Å². The highest BCUT2D eigenvalue weighted by Gasteiger charge is 2.33. The third-order valence-electron chi connectivity index (χ3n) is 8.73. The van der Waals surface area contributed by atoms with Crippen LogP contribution in [0.15, 0.2) is 48.0 Å². The maximum atomic E-state index is 14.1. The highest BCUT2D eigenvalue weighted by atomic mass is 16.6. The van der Waals surface area contributed by atoms with Crippen LogP contribution < -0.4 is 0 Å². The number of carbonyl (C=O) groups is 3. The van der Waals surface area contributed by atoms with Crippen molar-refractivity contribution in [3.63, 3.8) is 0 Å². The van der Waals surface area contributed by atoms with Gasteiger partial charge in [0, 0.05) is 48.2 Å². The molecule has 3 aromatic rings. The van der Waals surface area contributed by atoms with Crippen LogP contribution >= 0.6 is 0 Å². The number of carboxylic acid groups (broad SMARTS) is 1. The fourth-order valence-corrected chi connectivity index (χ4v) is 6.76. The van der Waals surface area contributed by atoms with Gasteiger partial charge in [-0.25, -0.2) is 9.59 Å². The lowest BCUT2D eigenvalue weighted by molar-refractivity contribution is -0.129. The van der Waals surface area contributed by atoms with Crippen LogP contribution in [0.25, 0.3) is 28.2 Å². The topological polar surface area (TPSA) is 92.1 Å². The van der Waals surface area contributed by atoms with Gasteiger partial charge in [-0.1, -0.05) is 49.6 Å². The van der Waals surface area contributed by atoms with Crippen molar-refractivity contribution in [2.24, 2.45) is 0 Å². The number of ether oxygens (including phenoxy) is 1. The minimum atomic E-state index is -0.963. The summed E-state index contributed by atoms with van der Waals surface area (Å²) in [6.07, 6.45) is 7.47. The number of fused-ring (bicyclic) bond motifs is 5. The van der Waals surface area contributed by atoms with E-state index in [4.69, 9.17) is 4.74 Å². The van der Waals surface area contributed by atoms with Gasteiger partial charge in [-0.15, -0.1) is 0 Å². The first-order valence-electron chi connectivity index (χ1n) is 15.1. The minimum Gasteiger partial charge on any atom is -0.478 e. The van der Waals surface area contributed by atoms with Gasteiger partial charge in [0.25, 0.3) is 5.91 Å². The Kier molecular flexibility index (Phi) is 7.33. The van der Waals surface area contributed by atoms with Crippen molar-refractivity contribution < 1.29 is 24.2 Å². The Morgan fingerprint density at radius 2 is 1.60 bits per heavy atom. The van der Waals surface area contributed by atoms with E-state index in [2.05, 4.69) is 16.7 Å². The number of aromatic nitrogens is 1. The molecule has 220 valence electrons. The molecule has 8 heteroatoms. The second-order valence-electron chi connectivity index (χ2n) is 12.7. The van der Waals surface area contributed by atoms with Crippen LogP contribution in [0.1, 0.15) is 80.3 Å². The molecule has 2 fully saturated rings. The number of aromatic carboxylic acids is 1. The van der Waals surface area contributed by atoms with Crippen molar-refractivity contribution in [2.45, 2.75) is 70.9 Å². The lowest BCUT2D eigenvalue weighted by Crippen LogP contribution is -2.52. The second kappa shape index (κ2) is 11.0. The standard InChI is InChI=1S/C34H39N3O5/c1-34(2,3)42-33(41)36-17-15-35(16-18-36)31(38)25-19-23-11-7-8-12-26(23)30-29(22-9-5-4-6-10-22)27-14-13-24(32(39)40)20-28(27)37(30)21-25/h7-8,11-14,19-20,22H,4-6,9-10,15-18,21H2,1-3H3,(H,39,40). The molecule has 2 aromatic carbocycles. The lowest BCUT2D eigenvalue weighted by atomic mass is 9.81. The summed E-state index contributed by atoms with van der Waals surface area (Å²) in [6.45, 7) is 7.56. The van der Waals surface area contributed by atoms with Crippen LogP contribution in [0.2, 0.25) is 0 Å². The van der Waals surface area contributed by atoms with Crippen molar-refractivity contribution in [1.29, 1.82) is 0 Å². The van der Waals surface area contributed by atoms with E-state index in [1.165, 1.54) is 24.8 Å². The van der Waals surface area contributed by atoms with Gasteiger partial charge in [-0.05, 0) is 68.9 Å². The van der Waals surface area contributed by atoms with E-state index in [9.17, 15) is 19.5 Å². The molecule has 0 spiro atoms. The lowest BCUT2D eigenvalue weighted by Gasteiger charge is -2.36.